The average Bonchev–Trinajstić information content (AvgIpc) is 2.97. The van der Waals surface area contributed by atoms with Crippen LogP contribution in [0.15, 0.2) is 54.3 Å². The van der Waals surface area contributed by atoms with Crippen molar-refractivity contribution in [2.24, 2.45) is 5.10 Å². The van der Waals surface area contributed by atoms with E-state index < -0.39 is 0 Å². The molecule has 3 rings (SSSR count). The summed E-state index contributed by atoms with van der Waals surface area (Å²) in [6.45, 7) is 3.14. The van der Waals surface area contributed by atoms with Crippen molar-refractivity contribution in [1.82, 2.24) is 10.3 Å². The molecule has 1 aliphatic heterocycles. The van der Waals surface area contributed by atoms with Gasteiger partial charge in [-0.05, 0) is 40.2 Å². The van der Waals surface area contributed by atoms with Crippen LogP contribution in [0, 0.1) is 0 Å². The number of hydrogen-bond donors (Lipinski definition) is 1. The van der Waals surface area contributed by atoms with E-state index in [1.807, 2.05) is 29.2 Å². The van der Waals surface area contributed by atoms with Gasteiger partial charge in [0.05, 0.1) is 30.4 Å². The van der Waals surface area contributed by atoms with Crippen LogP contribution in [0.25, 0.3) is 0 Å². The SMILES string of the molecule is O=C(CN1CCOCC1)N/N=C\c1cc(Br)c(Sc2ccc(Cl)cc2)o1. The fourth-order valence-electron chi connectivity index (χ4n) is 2.28. The number of halogens is 2. The monoisotopic (exact) mass is 457 g/mol. The molecule has 0 radical (unpaired) electrons. The highest BCUT2D eigenvalue weighted by atomic mass is 79.9. The summed E-state index contributed by atoms with van der Waals surface area (Å²) in [5, 5.41) is 5.35. The van der Waals surface area contributed by atoms with E-state index in [2.05, 4.69) is 26.5 Å². The first-order valence-corrected chi connectivity index (χ1v) is 9.93. The lowest BCUT2D eigenvalue weighted by Crippen LogP contribution is -2.42. The van der Waals surface area contributed by atoms with Gasteiger partial charge in [-0.25, -0.2) is 5.43 Å². The van der Waals surface area contributed by atoms with E-state index in [1.165, 1.54) is 18.0 Å². The van der Waals surface area contributed by atoms with Crippen molar-refractivity contribution >= 4 is 51.4 Å². The number of carbonyl (C=O) groups excluding carboxylic acids is 1. The maximum atomic E-state index is 11.9. The minimum absolute atomic E-state index is 0.162. The normalized spacial score (nSPS) is 15.5. The summed E-state index contributed by atoms with van der Waals surface area (Å²) in [5.41, 5.74) is 2.51. The van der Waals surface area contributed by atoms with Gasteiger partial charge in [0.25, 0.3) is 5.91 Å². The minimum atomic E-state index is -0.162. The van der Waals surface area contributed by atoms with Gasteiger partial charge in [0.2, 0.25) is 0 Å². The summed E-state index contributed by atoms with van der Waals surface area (Å²) >= 11 is 10.8. The van der Waals surface area contributed by atoms with Gasteiger partial charge in [-0.3, -0.25) is 9.69 Å². The van der Waals surface area contributed by atoms with E-state index in [4.69, 9.17) is 20.8 Å². The van der Waals surface area contributed by atoms with Crippen LogP contribution in [-0.4, -0.2) is 49.9 Å². The highest BCUT2D eigenvalue weighted by Gasteiger charge is 2.14. The first kappa shape index (κ1) is 19.4. The Morgan fingerprint density at radius 2 is 2.08 bits per heavy atom. The molecule has 0 aliphatic carbocycles. The summed E-state index contributed by atoms with van der Waals surface area (Å²) in [6, 6.07) is 9.29. The third kappa shape index (κ3) is 5.85. The van der Waals surface area contributed by atoms with Crippen LogP contribution >= 0.6 is 39.3 Å². The first-order chi connectivity index (χ1) is 12.6. The molecule has 0 bridgehead atoms. The Morgan fingerprint density at radius 1 is 1.35 bits per heavy atom. The Labute approximate surface area is 169 Å². The molecule has 26 heavy (non-hydrogen) atoms. The number of amides is 1. The predicted octanol–water partition coefficient (Wildman–Crippen LogP) is 3.63. The predicted molar refractivity (Wildman–Crippen MR) is 105 cm³/mol. The molecule has 0 saturated carbocycles. The van der Waals surface area contributed by atoms with Crippen molar-refractivity contribution in [3.05, 3.63) is 45.6 Å². The number of nitrogens with one attached hydrogen (secondary N) is 1. The molecule has 2 heterocycles. The molecule has 1 amide bonds. The fraction of sp³-hybridized carbons (Fsp3) is 0.294. The molecule has 0 unspecified atom stereocenters. The van der Waals surface area contributed by atoms with Crippen molar-refractivity contribution in [2.45, 2.75) is 9.99 Å². The molecule has 1 fully saturated rings. The maximum Gasteiger partial charge on any atom is 0.254 e. The number of nitrogens with zero attached hydrogens (tertiary/aromatic N) is 2. The summed E-state index contributed by atoms with van der Waals surface area (Å²) < 4.78 is 11.8. The van der Waals surface area contributed by atoms with E-state index in [-0.39, 0.29) is 5.91 Å². The second-order valence-electron chi connectivity index (χ2n) is 5.52. The quantitative estimate of drug-likeness (QED) is 0.529. The highest BCUT2D eigenvalue weighted by Crippen LogP contribution is 2.35. The minimum Gasteiger partial charge on any atom is -0.447 e. The van der Waals surface area contributed by atoms with Crippen molar-refractivity contribution in [1.29, 1.82) is 0 Å². The Hall–Kier alpha value is -1.32. The smallest absolute Gasteiger partial charge is 0.254 e. The molecule has 2 aromatic rings. The van der Waals surface area contributed by atoms with E-state index in [0.717, 1.165) is 22.5 Å². The van der Waals surface area contributed by atoms with Crippen LogP contribution < -0.4 is 5.43 Å². The molecule has 1 aromatic heterocycles. The highest BCUT2D eigenvalue weighted by molar-refractivity contribution is 9.10. The summed E-state index contributed by atoms with van der Waals surface area (Å²) in [5.74, 6) is 0.379. The summed E-state index contributed by atoms with van der Waals surface area (Å²) in [6.07, 6.45) is 1.48. The molecular formula is C17H17BrClN3O3S. The molecule has 0 atom stereocenters. The number of morpholine rings is 1. The Kier molecular flexibility index (Phi) is 7.15. The number of hydrazone groups is 1. The molecule has 1 aliphatic rings. The number of hydrogen-bond acceptors (Lipinski definition) is 6. The second kappa shape index (κ2) is 9.57. The second-order valence-corrected chi connectivity index (χ2v) is 7.86. The van der Waals surface area contributed by atoms with Gasteiger partial charge >= 0.3 is 0 Å². The van der Waals surface area contributed by atoms with Crippen LogP contribution in [0.5, 0.6) is 0 Å². The van der Waals surface area contributed by atoms with Gasteiger partial charge in [0.1, 0.15) is 5.76 Å². The number of benzene rings is 1. The van der Waals surface area contributed by atoms with Gasteiger partial charge < -0.3 is 9.15 Å². The first-order valence-electron chi connectivity index (χ1n) is 7.95. The van der Waals surface area contributed by atoms with Crippen LogP contribution in [-0.2, 0) is 9.53 Å². The van der Waals surface area contributed by atoms with Crippen LogP contribution in [0.3, 0.4) is 0 Å². The third-order valence-electron chi connectivity index (χ3n) is 3.55. The van der Waals surface area contributed by atoms with E-state index >= 15 is 0 Å². The lowest BCUT2D eigenvalue weighted by molar-refractivity contribution is -0.123. The van der Waals surface area contributed by atoms with Gasteiger partial charge in [-0.15, -0.1) is 0 Å². The number of rotatable bonds is 6. The van der Waals surface area contributed by atoms with Gasteiger partial charge in [-0.2, -0.15) is 5.10 Å². The van der Waals surface area contributed by atoms with E-state index in [0.29, 0.717) is 35.6 Å². The van der Waals surface area contributed by atoms with Gasteiger partial charge in [0.15, 0.2) is 5.09 Å². The standard InChI is InChI=1S/C17H17BrClN3O3S/c18-15-9-13(25-17(15)26-14-3-1-12(19)2-4-14)10-20-21-16(23)11-22-5-7-24-8-6-22/h1-4,9-10H,5-8,11H2,(H,21,23)/b20-10-. The third-order valence-corrected chi connectivity index (χ3v) is 5.65. The Balaban J connectivity index is 1.52. The molecule has 1 aromatic carbocycles. The zero-order valence-corrected chi connectivity index (χ0v) is 16.9. The van der Waals surface area contributed by atoms with Crippen LogP contribution in [0.4, 0.5) is 0 Å². The molecule has 9 heteroatoms. The lowest BCUT2D eigenvalue weighted by atomic mass is 10.4. The van der Waals surface area contributed by atoms with Crippen molar-refractivity contribution < 1.29 is 13.9 Å². The largest absolute Gasteiger partial charge is 0.447 e. The lowest BCUT2D eigenvalue weighted by Gasteiger charge is -2.25. The fourth-order valence-corrected chi connectivity index (χ4v) is 3.73. The van der Waals surface area contributed by atoms with Crippen LogP contribution in [0.1, 0.15) is 5.76 Å². The average molecular weight is 459 g/mol. The topological polar surface area (TPSA) is 67.1 Å². The number of carbonyl (C=O) groups is 1. The summed E-state index contributed by atoms with van der Waals surface area (Å²) in [7, 11) is 0. The number of furan rings is 1. The molecule has 138 valence electrons. The Bertz CT molecular complexity index is 776. The Morgan fingerprint density at radius 3 is 2.81 bits per heavy atom. The van der Waals surface area contributed by atoms with Gasteiger partial charge in [-0.1, -0.05) is 23.4 Å². The maximum absolute atomic E-state index is 11.9. The van der Waals surface area contributed by atoms with E-state index in [1.54, 1.807) is 6.07 Å². The molecule has 6 nitrogen and oxygen atoms in total. The van der Waals surface area contributed by atoms with Crippen molar-refractivity contribution in [3.8, 4) is 0 Å². The molecule has 1 saturated heterocycles. The van der Waals surface area contributed by atoms with Crippen LogP contribution in [0.2, 0.25) is 5.02 Å². The molecule has 1 N–H and O–H groups in total. The zero-order valence-electron chi connectivity index (χ0n) is 13.8. The molecular weight excluding hydrogens is 442 g/mol. The summed E-state index contributed by atoms with van der Waals surface area (Å²) in [4.78, 5) is 14.9. The van der Waals surface area contributed by atoms with E-state index in [9.17, 15) is 4.79 Å². The van der Waals surface area contributed by atoms with Gasteiger partial charge in [0, 0.05) is 29.1 Å². The zero-order chi connectivity index (χ0) is 18.4. The number of ether oxygens (including phenoxy) is 1. The van der Waals surface area contributed by atoms with Crippen molar-refractivity contribution in [2.75, 3.05) is 32.8 Å². The molecule has 0 spiro atoms. The van der Waals surface area contributed by atoms with Crippen molar-refractivity contribution in [3.63, 3.8) is 0 Å².